The van der Waals surface area contributed by atoms with Crippen molar-refractivity contribution in [2.45, 2.75) is 32.6 Å². The largest absolute Gasteiger partial charge is 0.454 e. The average molecular weight is 383 g/mol. The van der Waals surface area contributed by atoms with Gasteiger partial charge in [0.25, 0.3) is 0 Å². The monoisotopic (exact) mass is 383 g/mol. The third-order valence-electron chi connectivity index (χ3n) is 4.41. The zero-order chi connectivity index (χ0) is 19.7. The SMILES string of the molecule is Cc1cc(NC(=O)/C=C/c2ccc3c(c2)OCO3)n(C2NC(=O)CC(C)N2)n1. The summed E-state index contributed by atoms with van der Waals surface area (Å²) in [6, 6.07) is 7.21. The van der Waals surface area contributed by atoms with E-state index in [1.807, 2.05) is 26.0 Å². The molecular weight excluding hydrogens is 362 g/mol. The Morgan fingerprint density at radius 1 is 1.32 bits per heavy atom. The van der Waals surface area contributed by atoms with Crippen LogP contribution in [0.3, 0.4) is 0 Å². The third-order valence-corrected chi connectivity index (χ3v) is 4.41. The lowest BCUT2D eigenvalue weighted by Crippen LogP contribution is -2.52. The van der Waals surface area contributed by atoms with E-state index in [2.05, 4.69) is 21.0 Å². The van der Waals surface area contributed by atoms with Gasteiger partial charge in [0.1, 0.15) is 5.82 Å². The van der Waals surface area contributed by atoms with Gasteiger partial charge >= 0.3 is 0 Å². The Balaban J connectivity index is 1.47. The molecule has 2 aliphatic rings. The van der Waals surface area contributed by atoms with Gasteiger partial charge in [-0.15, -0.1) is 0 Å². The number of benzene rings is 1. The number of nitrogens with zero attached hydrogens (tertiary/aromatic N) is 2. The highest BCUT2D eigenvalue weighted by atomic mass is 16.7. The predicted octanol–water partition coefficient (Wildman–Crippen LogP) is 1.53. The number of hydrogen-bond donors (Lipinski definition) is 3. The number of rotatable bonds is 4. The molecule has 2 aromatic rings. The lowest BCUT2D eigenvalue weighted by atomic mass is 10.2. The molecule has 9 heteroatoms. The molecule has 1 saturated heterocycles. The third kappa shape index (κ3) is 3.84. The van der Waals surface area contributed by atoms with Crippen molar-refractivity contribution in [2.75, 3.05) is 12.1 Å². The van der Waals surface area contributed by atoms with Gasteiger partial charge in [0, 0.05) is 24.6 Å². The first-order valence-electron chi connectivity index (χ1n) is 8.98. The van der Waals surface area contributed by atoms with E-state index in [1.54, 1.807) is 22.9 Å². The van der Waals surface area contributed by atoms with Crippen molar-refractivity contribution in [2.24, 2.45) is 0 Å². The first-order chi connectivity index (χ1) is 13.5. The van der Waals surface area contributed by atoms with Crippen LogP contribution in [-0.4, -0.2) is 34.4 Å². The number of aromatic nitrogens is 2. The maximum absolute atomic E-state index is 12.4. The second kappa shape index (κ2) is 7.35. The van der Waals surface area contributed by atoms with Gasteiger partial charge in [0.05, 0.1) is 5.69 Å². The molecule has 2 atom stereocenters. The van der Waals surface area contributed by atoms with E-state index < -0.39 is 6.29 Å². The molecule has 146 valence electrons. The van der Waals surface area contributed by atoms with Crippen LogP contribution in [0.2, 0.25) is 0 Å². The molecule has 1 fully saturated rings. The summed E-state index contributed by atoms with van der Waals surface area (Å²) in [4.78, 5) is 24.2. The lowest BCUT2D eigenvalue weighted by Gasteiger charge is -2.30. The standard InChI is InChI=1S/C19H21N5O4/c1-11-8-18(26)22-19(20-11)24-16(7-12(2)23-24)21-17(25)6-4-13-3-5-14-15(9-13)28-10-27-14/h3-7,9,11,19-20H,8,10H2,1-2H3,(H,21,25)(H,22,26)/b6-4+. The molecule has 3 N–H and O–H groups in total. The van der Waals surface area contributed by atoms with Gasteiger partial charge in [-0.25, -0.2) is 4.68 Å². The number of amides is 2. The maximum atomic E-state index is 12.4. The molecule has 1 aromatic carbocycles. The number of hydrogen-bond acceptors (Lipinski definition) is 6. The molecule has 0 radical (unpaired) electrons. The molecule has 28 heavy (non-hydrogen) atoms. The zero-order valence-corrected chi connectivity index (χ0v) is 15.6. The second-order valence-electron chi connectivity index (χ2n) is 6.79. The number of nitrogens with one attached hydrogen (secondary N) is 3. The van der Waals surface area contributed by atoms with Crippen LogP contribution in [0.25, 0.3) is 6.08 Å². The molecule has 2 unspecified atom stereocenters. The fraction of sp³-hybridized carbons (Fsp3) is 0.316. The molecule has 4 rings (SSSR count). The molecule has 0 saturated carbocycles. The number of fused-ring (bicyclic) bond motifs is 1. The van der Waals surface area contributed by atoms with Crippen molar-refractivity contribution in [1.82, 2.24) is 20.4 Å². The lowest BCUT2D eigenvalue weighted by molar-refractivity contribution is -0.125. The number of carbonyl (C=O) groups is 2. The van der Waals surface area contributed by atoms with Crippen molar-refractivity contribution in [3.8, 4) is 11.5 Å². The highest BCUT2D eigenvalue weighted by Crippen LogP contribution is 2.32. The van der Waals surface area contributed by atoms with E-state index >= 15 is 0 Å². The van der Waals surface area contributed by atoms with E-state index in [-0.39, 0.29) is 24.6 Å². The topological polar surface area (TPSA) is 107 Å². The van der Waals surface area contributed by atoms with Crippen LogP contribution in [0, 0.1) is 6.92 Å². The Labute approximate surface area is 161 Å². The maximum Gasteiger partial charge on any atom is 0.249 e. The molecule has 3 heterocycles. The molecule has 2 amide bonds. The predicted molar refractivity (Wildman–Crippen MR) is 102 cm³/mol. The Kier molecular flexibility index (Phi) is 4.74. The highest BCUT2D eigenvalue weighted by molar-refractivity contribution is 6.01. The van der Waals surface area contributed by atoms with E-state index in [1.165, 1.54) is 6.08 Å². The first kappa shape index (κ1) is 18.1. The summed E-state index contributed by atoms with van der Waals surface area (Å²) in [5.41, 5.74) is 1.54. The fourth-order valence-corrected chi connectivity index (χ4v) is 3.15. The van der Waals surface area contributed by atoms with E-state index in [0.29, 0.717) is 23.7 Å². The Hall–Kier alpha value is -3.33. The van der Waals surface area contributed by atoms with Crippen LogP contribution in [0.4, 0.5) is 5.82 Å². The van der Waals surface area contributed by atoms with Crippen molar-refractivity contribution < 1.29 is 19.1 Å². The number of anilines is 1. The molecule has 1 aromatic heterocycles. The van der Waals surface area contributed by atoms with Crippen molar-refractivity contribution >= 4 is 23.7 Å². The highest BCUT2D eigenvalue weighted by Gasteiger charge is 2.26. The molecule has 2 aliphatic heterocycles. The quantitative estimate of drug-likeness (QED) is 0.692. The summed E-state index contributed by atoms with van der Waals surface area (Å²) < 4.78 is 12.2. The number of ether oxygens (including phenoxy) is 2. The smallest absolute Gasteiger partial charge is 0.249 e. The summed E-state index contributed by atoms with van der Waals surface area (Å²) in [5.74, 6) is 1.46. The summed E-state index contributed by atoms with van der Waals surface area (Å²) in [6.45, 7) is 3.95. The van der Waals surface area contributed by atoms with Crippen molar-refractivity contribution in [3.05, 3.63) is 41.6 Å². The first-order valence-corrected chi connectivity index (χ1v) is 8.98. The minimum Gasteiger partial charge on any atom is -0.454 e. The summed E-state index contributed by atoms with van der Waals surface area (Å²) in [6.07, 6.45) is 3.00. The second-order valence-corrected chi connectivity index (χ2v) is 6.79. The van der Waals surface area contributed by atoms with Gasteiger partial charge in [0.15, 0.2) is 17.8 Å². The minimum atomic E-state index is -0.516. The Morgan fingerprint density at radius 3 is 2.96 bits per heavy atom. The molecule has 0 aliphatic carbocycles. The van der Waals surface area contributed by atoms with Crippen LogP contribution < -0.4 is 25.4 Å². The summed E-state index contributed by atoms with van der Waals surface area (Å²) in [5, 5.41) is 13.3. The van der Waals surface area contributed by atoms with Gasteiger partial charge in [0.2, 0.25) is 18.6 Å². The summed E-state index contributed by atoms with van der Waals surface area (Å²) >= 11 is 0. The van der Waals surface area contributed by atoms with Crippen LogP contribution in [-0.2, 0) is 9.59 Å². The fourth-order valence-electron chi connectivity index (χ4n) is 3.15. The molecule has 9 nitrogen and oxygen atoms in total. The minimum absolute atomic E-state index is 0.0118. The number of aryl methyl sites for hydroxylation is 1. The molecule has 0 spiro atoms. The van der Waals surface area contributed by atoms with Crippen molar-refractivity contribution in [1.29, 1.82) is 0 Å². The van der Waals surface area contributed by atoms with Crippen molar-refractivity contribution in [3.63, 3.8) is 0 Å². The zero-order valence-electron chi connectivity index (χ0n) is 15.6. The van der Waals surface area contributed by atoms with E-state index in [0.717, 1.165) is 11.3 Å². The Bertz CT molecular complexity index is 952. The van der Waals surface area contributed by atoms with Gasteiger partial charge < -0.3 is 20.1 Å². The van der Waals surface area contributed by atoms with E-state index in [9.17, 15) is 9.59 Å². The van der Waals surface area contributed by atoms with Gasteiger partial charge in [-0.05, 0) is 37.6 Å². The average Bonchev–Trinajstić information content (AvgIpc) is 3.25. The van der Waals surface area contributed by atoms with Crippen LogP contribution in [0.15, 0.2) is 30.3 Å². The molecular formula is C19H21N5O4. The van der Waals surface area contributed by atoms with Crippen LogP contribution in [0.1, 0.15) is 30.9 Å². The van der Waals surface area contributed by atoms with E-state index in [4.69, 9.17) is 9.47 Å². The number of carbonyl (C=O) groups excluding carboxylic acids is 2. The Morgan fingerprint density at radius 2 is 2.14 bits per heavy atom. The molecule has 0 bridgehead atoms. The van der Waals surface area contributed by atoms with Crippen LogP contribution in [0.5, 0.6) is 11.5 Å². The van der Waals surface area contributed by atoms with Gasteiger partial charge in [-0.1, -0.05) is 6.07 Å². The van der Waals surface area contributed by atoms with Gasteiger partial charge in [-0.3, -0.25) is 14.9 Å². The van der Waals surface area contributed by atoms with Crippen LogP contribution >= 0.6 is 0 Å². The van der Waals surface area contributed by atoms with Gasteiger partial charge in [-0.2, -0.15) is 5.10 Å². The summed E-state index contributed by atoms with van der Waals surface area (Å²) in [7, 11) is 0. The normalized spacial score (nSPS) is 21.0.